The quantitative estimate of drug-likeness (QED) is 0.620. The predicted molar refractivity (Wildman–Crippen MR) is 89.8 cm³/mol. The van der Waals surface area contributed by atoms with Gasteiger partial charge in [0.15, 0.2) is 0 Å². The summed E-state index contributed by atoms with van der Waals surface area (Å²) in [6, 6.07) is 8.52. The number of urea groups is 1. The molecule has 0 unspecified atom stereocenters. The average molecular weight is 395 g/mol. The molecule has 3 rings (SSSR count). The fraction of sp³-hybridized carbons (Fsp3) is 0.167. The smallest absolute Gasteiger partial charge is 0.314 e. The molecule has 10 heteroatoms. The summed E-state index contributed by atoms with van der Waals surface area (Å²) in [5, 5.41) is 2.95. The Kier molecular flexibility index (Phi) is 4.58. The van der Waals surface area contributed by atoms with Crippen LogP contribution >= 0.6 is 0 Å². The van der Waals surface area contributed by atoms with Crippen LogP contribution < -0.4 is 15.5 Å². The molecule has 0 saturated carbocycles. The van der Waals surface area contributed by atoms with E-state index in [4.69, 9.17) is 0 Å². The van der Waals surface area contributed by atoms with Crippen LogP contribution in [0.4, 0.5) is 28.0 Å². The largest absolute Gasteiger partial charge is 0.440 e. The lowest BCUT2D eigenvalue weighted by molar-refractivity contribution is -0.197. The first-order chi connectivity index (χ1) is 13.1. The van der Waals surface area contributed by atoms with Crippen molar-refractivity contribution in [2.75, 3.05) is 4.90 Å². The molecule has 2 aromatic carbocycles. The Hall–Kier alpha value is -3.43. The average Bonchev–Trinajstić information content (AvgIpc) is 2.87. The van der Waals surface area contributed by atoms with Gasteiger partial charge in [0.25, 0.3) is 17.5 Å². The van der Waals surface area contributed by atoms with E-state index in [1.54, 1.807) is 6.92 Å². The number of rotatable bonds is 3. The van der Waals surface area contributed by atoms with E-state index in [1.165, 1.54) is 47.0 Å². The Morgan fingerprint density at radius 3 is 2.25 bits per heavy atom. The maximum atomic E-state index is 13.8. The number of nitrogens with zero attached hydrogens (tertiary/aromatic N) is 1. The van der Waals surface area contributed by atoms with Gasteiger partial charge >= 0.3 is 12.2 Å². The van der Waals surface area contributed by atoms with Crippen molar-refractivity contribution in [1.29, 1.82) is 0 Å². The number of amides is 4. The minimum Gasteiger partial charge on any atom is -0.314 e. The normalized spacial score (nSPS) is 19.5. The molecule has 2 N–H and O–H groups in total. The zero-order chi connectivity index (χ0) is 20.7. The van der Waals surface area contributed by atoms with Crippen LogP contribution in [0.5, 0.6) is 0 Å². The minimum absolute atomic E-state index is 0.112. The Balaban J connectivity index is 2.02. The first kappa shape index (κ1) is 19.3. The van der Waals surface area contributed by atoms with Gasteiger partial charge in [-0.2, -0.15) is 13.2 Å². The van der Waals surface area contributed by atoms with Crippen LogP contribution in [0.1, 0.15) is 15.9 Å². The summed E-state index contributed by atoms with van der Waals surface area (Å²) < 4.78 is 55.2. The van der Waals surface area contributed by atoms with Crippen LogP contribution in [-0.2, 0) is 4.79 Å². The summed E-state index contributed by atoms with van der Waals surface area (Å²) in [5.74, 6) is -4.34. The van der Waals surface area contributed by atoms with Crippen molar-refractivity contribution < 1.29 is 31.9 Å². The molecule has 1 aliphatic heterocycles. The number of anilines is 1. The zero-order valence-electron chi connectivity index (χ0n) is 14.3. The summed E-state index contributed by atoms with van der Waals surface area (Å²) in [6.45, 7) is 1.71. The molecular formula is C18H13F4N3O3. The molecule has 0 radical (unpaired) electrons. The molecule has 1 fully saturated rings. The van der Waals surface area contributed by atoms with Crippen molar-refractivity contribution in [3.8, 4) is 0 Å². The lowest BCUT2D eigenvalue weighted by atomic mass is 10.1. The first-order valence-electron chi connectivity index (χ1n) is 7.94. The summed E-state index contributed by atoms with van der Waals surface area (Å²) in [4.78, 5) is 37.3. The van der Waals surface area contributed by atoms with Crippen LogP contribution in [-0.4, -0.2) is 29.7 Å². The molecule has 0 aliphatic carbocycles. The molecule has 0 bridgehead atoms. The van der Waals surface area contributed by atoms with Gasteiger partial charge < -0.3 is 5.32 Å². The van der Waals surface area contributed by atoms with Crippen molar-refractivity contribution >= 4 is 23.5 Å². The van der Waals surface area contributed by atoms with E-state index in [0.717, 1.165) is 17.7 Å². The van der Waals surface area contributed by atoms with Gasteiger partial charge in [-0.05, 0) is 31.2 Å². The standard InChI is InChI=1S/C18H13F4N3O3/c1-10-6-8-11(9-7-10)25-15(27)17(18(20,21)22,24-16(25)28)23-14(26)12-4-2-3-5-13(12)19/h2-9H,1H3,(H,23,26)(H,24,28)/t17-/m1/s1. The van der Waals surface area contributed by atoms with Gasteiger partial charge in [-0.25, -0.2) is 14.1 Å². The molecule has 2 aromatic rings. The number of hydrogen-bond donors (Lipinski definition) is 2. The van der Waals surface area contributed by atoms with Gasteiger partial charge in [-0.15, -0.1) is 0 Å². The van der Waals surface area contributed by atoms with Crippen LogP contribution in [0.2, 0.25) is 0 Å². The van der Waals surface area contributed by atoms with E-state index in [9.17, 15) is 31.9 Å². The summed E-state index contributed by atoms with van der Waals surface area (Å²) in [6.07, 6.45) is -5.39. The molecule has 146 valence electrons. The number of alkyl halides is 3. The van der Waals surface area contributed by atoms with Gasteiger partial charge in [-0.3, -0.25) is 14.9 Å². The molecule has 0 spiro atoms. The second-order valence-electron chi connectivity index (χ2n) is 6.09. The molecule has 1 heterocycles. The number of benzene rings is 2. The molecule has 1 saturated heterocycles. The van der Waals surface area contributed by atoms with Gasteiger partial charge in [-0.1, -0.05) is 29.8 Å². The Bertz CT molecular complexity index is 959. The van der Waals surface area contributed by atoms with Gasteiger partial charge in [0, 0.05) is 0 Å². The number of halogens is 4. The molecule has 4 amide bonds. The molecule has 1 aliphatic rings. The highest BCUT2D eigenvalue weighted by Crippen LogP contribution is 2.36. The van der Waals surface area contributed by atoms with E-state index < -0.39 is 41.1 Å². The third-order valence-corrected chi connectivity index (χ3v) is 4.16. The molecule has 6 nitrogen and oxygen atoms in total. The summed E-state index contributed by atoms with van der Waals surface area (Å²) >= 11 is 0. The minimum atomic E-state index is -5.39. The number of carbonyl (C=O) groups excluding carboxylic acids is 3. The van der Waals surface area contributed by atoms with Crippen molar-refractivity contribution in [2.24, 2.45) is 0 Å². The molecule has 1 atom stereocenters. The van der Waals surface area contributed by atoms with Crippen LogP contribution in [0.15, 0.2) is 48.5 Å². The number of aryl methyl sites for hydroxylation is 1. The van der Waals surface area contributed by atoms with Gasteiger partial charge in [0.05, 0.1) is 11.3 Å². The SMILES string of the molecule is Cc1ccc(N2C(=O)N[C@@](NC(=O)c3ccccc3F)(C(F)(F)F)C2=O)cc1. The second kappa shape index (κ2) is 6.63. The maximum absolute atomic E-state index is 13.8. The Morgan fingerprint density at radius 2 is 1.68 bits per heavy atom. The topological polar surface area (TPSA) is 78.5 Å². The third-order valence-electron chi connectivity index (χ3n) is 4.16. The highest BCUT2D eigenvalue weighted by atomic mass is 19.4. The zero-order valence-corrected chi connectivity index (χ0v) is 14.3. The van der Waals surface area contributed by atoms with Crippen LogP contribution in [0.25, 0.3) is 0 Å². The number of carbonyl (C=O) groups is 3. The van der Waals surface area contributed by atoms with Crippen LogP contribution in [0, 0.1) is 12.7 Å². The van der Waals surface area contributed by atoms with E-state index in [0.29, 0.717) is 0 Å². The van der Waals surface area contributed by atoms with E-state index in [-0.39, 0.29) is 10.6 Å². The maximum Gasteiger partial charge on any atom is 0.440 e. The first-order valence-corrected chi connectivity index (χ1v) is 7.94. The summed E-state index contributed by atoms with van der Waals surface area (Å²) in [7, 11) is 0. The number of imide groups is 1. The van der Waals surface area contributed by atoms with Crippen molar-refractivity contribution in [3.63, 3.8) is 0 Å². The Labute approximate surface area is 156 Å². The van der Waals surface area contributed by atoms with Gasteiger partial charge in [0.1, 0.15) is 5.82 Å². The van der Waals surface area contributed by atoms with Crippen LogP contribution in [0.3, 0.4) is 0 Å². The predicted octanol–water partition coefficient (Wildman–Crippen LogP) is 2.88. The summed E-state index contributed by atoms with van der Waals surface area (Å²) in [5.41, 5.74) is -3.79. The lowest BCUT2D eigenvalue weighted by Gasteiger charge is -2.29. The fourth-order valence-corrected chi connectivity index (χ4v) is 2.69. The lowest BCUT2D eigenvalue weighted by Crippen LogP contribution is -2.69. The molecule has 0 aromatic heterocycles. The Morgan fingerprint density at radius 1 is 1.07 bits per heavy atom. The monoisotopic (exact) mass is 395 g/mol. The van der Waals surface area contributed by atoms with E-state index in [1.807, 2.05) is 0 Å². The third kappa shape index (κ3) is 3.06. The second-order valence-corrected chi connectivity index (χ2v) is 6.09. The van der Waals surface area contributed by atoms with E-state index >= 15 is 0 Å². The molecule has 28 heavy (non-hydrogen) atoms. The van der Waals surface area contributed by atoms with Crippen molar-refractivity contribution in [3.05, 3.63) is 65.5 Å². The van der Waals surface area contributed by atoms with Crippen molar-refractivity contribution in [2.45, 2.75) is 18.8 Å². The van der Waals surface area contributed by atoms with E-state index in [2.05, 4.69) is 0 Å². The van der Waals surface area contributed by atoms with Gasteiger partial charge in [0.2, 0.25) is 0 Å². The fourth-order valence-electron chi connectivity index (χ4n) is 2.69. The van der Waals surface area contributed by atoms with Crippen molar-refractivity contribution in [1.82, 2.24) is 10.6 Å². The molecular weight excluding hydrogens is 382 g/mol. The highest BCUT2D eigenvalue weighted by Gasteiger charge is 2.69. The number of nitrogens with one attached hydrogen (secondary N) is 2. The highest BCUT2D eigenvalue weighted by molar-refractivity contribution is 6.24. The number of hydrogen-bond acceptors (Lipinski definition) is 3.